The van der Waals surface area contributed by atoms with E-state index in [1.807, 2.05) is 18.2 Å². The molecule has 134 valence electrons. The number of amides is 1. The largest absolute Gasteiger partial charge is 0.481 e. The van der Waals surface area contributed by atoms with Gasteiger partial charge in [0, 0.05) is 25.0 Å². The number of halogens is 1. The lowest BCUT2D eigenvalue weighted by Gasteiger charge is -2.25. The van der Waals surface area contributed by atoms with E-state index in [2.05, 4.69) is 4.98 Å². The fraction of sp³-hybridized carbons (Fsp3) is 0.200. The second kappa shape index (κ2) is 8.29. The van der Waals surface area contributed by atoms with Crippen molar-refractivity contribution in [1.82, 2.24) is 9.88 Å². The maximum absolute atomic E-state index is 13.3. The van der Waals surface area contributed by atoms with E-state index >= 15 is 0 Å². The predicted molar refractivity (Wildman–Crippen MR) is 93.7 cm³/mol. The summed E-state index contributed by atoms with van der Waals surface area (Å²) in [6.45, 7) is 2.31. The highest BCUT2D eigenvalue weighted by Crippen LogP contribution is 2.17. The lowest BCUT2D eigenvalue weighted by atomic mass is 10.2. The topological polar surface area (TPSA) is 55.6 Å². The summed E-state index contributed by atoms with van der Waals surface area (Å²) in [6, 6.07) is 13.0. The third kappa shape index (κ3) is 4.69. The lowest BCUT2D eigenvalue weighted by Crippen LogP contribution is -2.39. The second-order valence-electron chi connectivity index (χ2n) is 5.85. The number of hydrogen-bond donors (Lipinski definition) is 0. The number of hydrogen-bond acceptors (Lipinski definition) is 4. The molecule has 3 aromatic rings. The fourth-order valence-electron chi connectivity index (χ4n) is 2.57. The number of nitrogens with zero attached hydrogens (tertiary/aromatic N) is 2. The molecule has 0 bridgehead atoms. The predicted octanol–water partition coefficient (Wildman–Crippen LogP) is 3.81. The van der Waals surface area contributed by atoms with Gasteiger partial charge in [0.05, 0.1) is 12.8 Å². The van der Waals surface area contributed by atoms with Gasteiger partial charge in [0.15, 0.2) is 6.10 Å². The van der Waals surface area contributed by atoms with Crippen molar-refractivity contribution in [3.05, 3.63) is 84.3 Å². The van der Waals surface area contributed by atoms with Crippen LogP contribution in [0.1, 0.15) is 18.2 Å². The molecule has 0 spiro atoms. The van der Waals surface area contributed by atoms with Gasteiger partial charge in [-0.1, -0.05) is 12.1 Å². The van der Waals surface area contributed by atoms with Crippen molar-refractivity contribution >= 4 is 5.91 Å². The van der Waals surface area contributed by atoms with Gasteiger partial charge in [-0.25, -0.2) is 4.39 Å². The summed E-state index contributed by atoms with van der Waals surface area (Å²) in [5.74, 6) is 0.338. The molecule has 6 heteroatoms. The summed E-state index contributed by atoms with van der Waals surface area (Å²) in [7, 11) is 0. The normalized spacial score (nSPS) is 11.8. The minimum Gasteiger partial charge on any atom is -0.481 e. The Balaban J connectivity index is 1.74. The number of pyridine rings is 1. The lowest BCUT2D eigenvalue weighted by molar-refractivity contribution is -0.139. The van der Waals surface area contributed by atoms with Gasteiger partial charge in [-0.2, -0.15) is 0 Å². The summed E-state index contributed by atoms with van der Waals surface area (Å²) < 4.78 is 24.3. The molecule has 0 aliphatic rings. The summed E-state index contributed by atoms with van der Waals surface area (Å²) in [4.78, 5) is 18.6. The Morgan fingerprint density at radius 2 is 2.12 bits per heavy atom. The van der Waals surface area contributed by atoms with Crippen LogP contribution >= 0.6 is 0 Å². The second-order valence-corrected chi connectivity index (χ2v) is 5.85. The van der Waals surface area contributed by atoms with Crippen LogP contribution in [0.3, 0.4) is 0 Å². The molecule has 1 amide bonds. The molecule has 5 nitrogen and oxygen atoms in total. The monoisotopic (exact) mass is 354 g/mol. The zero-order chi connectivity index (χ0) is 18.4. The number of ether oxygens (including phenoxy) is 1. The van der Waals surface area contributed by atoms with E-state index in [1.54, 1.807) is 42.6 Å². The van der Waals surface area contributed by atoms with E-state index < -0.39 is 11.9 Å². The van der Waals surface area contributed by atoms with Gasteiger partial charge in [-0.15, -0.1) is 0 Å². The van der Waals surface area contributed by atoms with Crippen LogP contribution in [0.4, 0.5) is 4.39 Å². The molecule has 0 fully saturated rings. The minimum atomic E-state index is -0.775. The van der Waals surface area contributed by atoms with E-state index in [0.717, 1.165) is 5.56 Å². The smallest absolute Gasteiger partial charge is 0.264 e. The van der Waals surface area contributed by atoms with E-state index in [1.165, 1.54) is 18.2 Å². The first kappa shape index (κ1) is 17.7. The highest BCUT2D eigenvalue weighted by molar-refractivity contribution is 5.80. The molecule has 1 unspecified atom stereocenters. The first-order valence-corrected chi connectivity index (χ1v) is 8.24. The minimum absolute atomic E-state index is 0.227. The van der Waals surface area contributed by atoms with Crippen LogP contribution in [0.25, 0.3) is 0 Å². The number of furan rings is 1. The highest BCUT2D eigenvalue weighted by atomic mass is 19.1. The SMILES string of the molecule is CC(Oc1cccc(F)c1)C(=O)N(Cc1cccnc1)Cc1ccco1. The Hall–Kier alpha value is -3.15. The number of benzene rings is 1. The van der Waals surface area contributed by atoms with E-state index in [0.29, 0.717) is 24.6 Å². The zero-order valence-electron chi connectivity index (χ0n) is 14.3. The van der Waals surface area contributed by atoms with Gasteiger partial charge in [0.25, 0.3) is 5.91 Å². The quantitative estimate of drug-likeness (QED) is 0.647. The fourth-order valence-corrected chi connectivity index (χ4v) is 2.57. The van der Waals surface area contributed by atoms with Gasteiger partial charge in [-0.3, -0.25) is 9.78 Å². The van der Waals surface area contributed by atoms with Crippen molar-refractivity contribution in [2.45, 2.75) is 26.1 Å². The Morgan fingerprint density at radius 3 is 2.81 bits per heavy atom. The molecule has 2 heterocycles. The number of carbonyl (C=O) groups is 1. The third-order valence-electron chi connectivity index (χ3n) is 3.79. The third-order valence-corrected chi connectivity index (χ3v) is 3.79. The summed E-state index contributed by atoms with van der Waals surface area (Å²) in [6.07, 6.45) is 4.18. The van der Waals surface area contributed by atoms with Crippen molar-refractivity contribution in [3.63, 3.8) is 0 Å². The Morgan fingerprint density at radius 1 is 1.23 bits per heavy atom. The molecule has 0 aliphatic carbocycles. The molecule has 26 heavy (non-hydrogen) atoms. The van der Waals surface area contributed by atoms with Crippen molar-refractivity contribution < 1.29 is 18.3 Å². The molecule has 0 N–H and O–H groups in total. The van der Waals surface area contributed by atoms with E-state index in [4.69, 9.17) is 9.15 Å². The molecule has 1 aromatic carbocycles. The molecule has 1 atom stereocenters. The summed E-state index contributed by atoms with van der Waals surface area (Å²) >= 11 is 0. The van der Waals surface area contributed by atoms with Crippen molar-refractivity contribution in [2.24, 2.45) is 0 Å². The maximum Gasteiger partial charge on any atom is 0.264 e. The van der Waals surface area contributed by atoms with Gasteiger partial charge >= 0.3 is 0 Å². The number of rotatable bonds is 7. The molecule has 3 rings (SSSR count). The van der Waals surface area contributed by atoms with Crippen molar-refractivity contribution in [1.29, 1.82) is 0 Å². The van der Waals surface area contributed by atoms with Gasteiger partial charge < -0.3 is 14.1 Å². The maximum atomic E-state index is 13.3. The van der Waals surface area contributed by atoms with E-state index in [9.17, 15) is 9.18 Å². The standard InChI is InChI=1S/C20H19FN2O3/c1-15(26-18-7-2-6-17(21)11-18)20(24)23(14-19-8-4-10-25-19)13-16-5-3-9-22-12-16/h2-12,15H,13-14H2,1H3. The molecule has 0 aliphatic heterocycles. The molecular formula is C20H19FN2O3. The molecule has 0 saturated heterocycles. The summed E-state index contributed by atoms with van der Waals surface area (Å²) in [5, 5.41) is 0. The van der Waals surface area contributed by atoms with E-state index in [-0.39, 0.29) is 5.91 Å². The molecule has 0 radical (unpaired) electrons. The molecule has 2 aromatic heterocycles. The molecular weight excluding hydrogens is 335 g/mol. The van der Waals surface area contributed by atoms with Gasteiger partial charge in [0.2, 0.25) is 0 Å². The van der Waals surface area contributed by atoms with Gasteiger partial charge in [0.1, 0.15) is 17.3 Å². The Bertz CT molecular complexity index is 837. The van der Waals surface area contributed by atoms with Crippen LogP contribution in [0, 0.1) is 5.82 Å². The van der Waals surface area contributed by atoms with Crippen LogP contribution in [0.15, 0.2) is 71.6 Å². The van der Waals surface area contributed by atoms with Crippen LogP contribution in [-0.2, 0) is 17.9 Å². The van der Waals surface area contributed by atoms with Crippen molar-refractivity contribution in [2.75, 3.05) is 0 Å². The first-order valence-electron chi connectivity index (χ1n) is 8.24. The highest BCUT2D eigenvalue weighted by Gasteiger charge is 2.23. The Labute approximate surface area is 151 Å². The van der Waals surface area contributed by atoms with Crippen LogP contribution in [0.2, 0.25) is 0 Å². The Kier molecular flexibility index (Phi) is 5.63. The number of carbonyl (C=O) groups excluding carboxylic acids is 1. The molecule has 0 saturated carbocycles. The number of aromatic nitrogens is 1. The zero-order valence-corrected chi connectivity index (χ0v) is 14.3. The average molecular weight is 354 g/mol. The van der Waals surface area contributed by atoms with Gasteiger partial charge in [-0.05, 0) is 42.8 Å². The van der Waals surface area contributed by atoms with Crippen LogP contribution in [0.5, 0.6) is 5.75 Å². The summed E-state index contributed by atoms with van der Waals surface area (Å²) in [5.41, 5.74) is 0.894. The van der Waals surface area contributed by atoms with Crippen molar-refractivity contribution in [3.8, 4) is 5.75 Å². The average Bonchev–Trinajstić information content (AvgIpc) is 3.14. The van der Waals surface area contributed by atoms with Crippen LogP contribution < -0.4 is 4.74 Å². The first-order chi connectivity index (χ1) is 12.6. The van der Waals surface area contributed by atoms with Crippen LogP contribution in [-0.4, -0.2) is 21.9 Å².